The fourth-order valence-electron chi connectivity index (χ4n) is 2.75. The van der Waals surface area contributed by atoms with Gasteiger partial charge in [0.05, 0.1) is 6.10 Å². The van der Waals surface area contributed by atoms with E-state index >= 15 is 0 Å². The van der Waals surface area contributed by atoms with Gasteiger partial charge in [-0.2, -0.15) is 0 Å². The Kier molecular flexibility index (Phi) is 3.62. The summed E-state index contributed by atoms with van der Waals surface area (Å²) in [4.78, 5) is 0. The van der Waals surface area contributed by atoms with Crippen LogP contribution >= 0.6 is 0 Å². The highest BCUT2D eigenvalue weighted by molar-refractivity contribution is 5.25. The summed E-state index contributed by atoms with van der Waals surface area (Å²) in [5.41, 5.74) is 2.51. The highest BCUT2D eigenvalue weighted by Gasteiger charge is 2.36. The molecular weight excluding hydrogens is 236 g/mol. The van der Waals surface area contributed by atoms with E-state index in [0.29, 0.717) is 5.92 Å². The zero-order chi connectivity index (χ0) is 13.1. The zero-order valence-electron chi connectivity index (χ0n) is 11.0. The van der Waals surface area contributed by atoms with Gasteiger partial charge in [0.25, 0.3) is 0 Å². The second-order valence-corrected chi connectivity index (χ2v) is 4.89. The number of ether oxygens (including phenoxy) is 2. The van der Waals surface area contributed by atoms with Crippen LogP contribution in [-0.2, 0) is 9.47 Å². The van der Waals surface area contributed by atoms with Crippen molar-refractivity contribution < 1.29 is 9.47 Å². The molecule has 0 bridgehead atoms. The average Bonchev–Trinajstić information content (AvgIpc) is 2.93. The lowest BCUT2D eigenvalue weighted by Crippen LogP contribution is -2.16. The van der Waals surface area contributed by atoms with Crippen LogP contribution in [0.1, 0.15) is 29.6 Å². The summed E-state index contributed by atoms with van der Waals surface area (Å²) in [5, 5.41) is 0. The largest absolute Gasteiger partial charge is 0.355 e. The Hall–Kier alpha value is -1.64. The van der Waals surface area contributed by atoms with Gasteiger partial charge in [-0.15, -0.1) is 0 Å². The molecule has 1 aliphatic rings. The summed E-state index contributed by atoms with van der Waals surface area (Å²) in [6.07, 6.45) is 0.927. The number of hydrogen-bond donors (Lipinski definition) is 0. The molecule has 1 saturated heterocycles. The van der Waals surface area contributed by atoms with Crippen molar-refractivity contribution in [3.05, 3.63) is 71.8 Å². The molecule has 1 aliphatic heterocycles. The van der Waals surface area contributed by atoms with E-state index in [1.54, 1.807) is 7.11 Å². The topological polar surface area (TPSA) is 18.5 Å². The fraction of sp³-hybridized carbons (Fsp3) is 0.294. The van der Waals surface area contributed by atoms with Crippen molar-refractivity contribution >= 4 is 0 Å². The highest BCUT2D eigenvalue weighted by atomic mass is 16.7. The van der Waals surface area contributed by atoms with Crippen LogP contribution in [0, 0.1) is 0 Å². The van der Waals surface area contributed by atoms with Crippen molar-refractivity contribution in [2.24, 2.45) is 0 Å². The molecule has 3 rings (SSSR count). The van der Waals surface area contributed by atoms with Gasteiger partial charge in [-0.1, -0.05) is 60.7 Å². The van der Waals surface area contributed by atoms with Crippen LogP contribution in [0.4, 0.5) is 0 Å². The van der Waals surface area contributed by atoms with Crippen LogP contribution in [0.25, 0.3) is 0 Å². The zero-order valence-corrected chi connectivity index (χ0v) is 11.0. The van der Waals surface area contributed by atoms with E-state index in [1.807, 2.05) is 12.1 Å². The molecule has 0 spiro atoms. The number of hydrogen-bond acceptors (Lipinski definition) is 2. The van der Waals surface area contributed by atoms with Gasteiger partial charge in [0, 0.05) is 13.0 Å². The molecular formula is C17H18O2. The minimum Gasteiger partial charge on any atom is -0.355 e. The SMILES string of the molecule is CO[C@@H]1O[C@H](c2ccccc2)C[C@@H]1c1ccccc1. The number of rotatable bonds is 3. The maximum Gasteiger partial charge on any atom is 0.164 e. The van der Waals surface area contributed by atoms with Gasteiger partial charge in [0.1, 0.15) is 0 Å². The Bertz CT molecular complexity index is 509. The smallest absolute Gasteiger partial charge is 0.164 e. The normalized spacial score (nSPS) is 26.5. The van der Waals surface area contributed by atoms with Gasteiger partial charge >= 0.3 is 0 Å². The second-order valence-electron chi connectivity index (χ2n) is 4.89. The lowest BCUT2D eigenvalue weighted by molar-refractivity contribution is -0.122. The monoisotopic (exact) mass is 254 g/mol. The molecule has 2 nitrogen and oxygen atoms in total. The molecule has 2 heteroatoms. The van der Waals surface area contributed by atoms with E-state index in [1.165, 1.54) is 11.1 Å². The summed E-state index contributed by atoms with van der Waals surface area (Å²) in [7, 11) is 1.72. The van der Waals surface area contributed by atoms with Crippen LogP contribution in [0.5, 0.6) is 0 Å². The molecule has 0 radical (unpaired) electrons. The molecule has 2 aromatic rings. The van der Waals surface area contributed by atoms with Crippen LogP contribution in [0.15, 0.2) is 60.7 Å². The van der Waals surface area contributed by atoms with Gasteiger partial charge in [0.2, 0.25) is 0 Å². The average molecular weight is 254 g/mol. The number of benzene rings is 2. The van der Waals surface area contributed by atoms with Crippen LogP contribution in [0.3, 0.4) is 0 Å². The van der Waals surface area contributed by atoms with Gasteiger partial charge in [-0.25, -0.2) is 0 Å². The summed E-state index contributed by atoms with van der Waals surface area (Å²) < 4.78 is 11.5. The van der Waals surface area contributed by atoms with Crippen molar-refractivity contribution in [3.8, 4) is 0 Å². The van der Waals surface area contributed by atoms with E-state index in [4.69, 9.17) is 9.47 Å². The summed E-state index contributed by atoms with van der Waals surface area (Å²) in [6.45, 7) is 0. The van der Waals surface area contributed by atoms with Crippen molar-refractivity contribution in [1.29, 1.82) is 0 Å². The molecule has 3 atom stereocenters. The summed E-state index contributed by atoms with van der Waals surface area (Å²) in [6, 6.07) is 20.8. The van der Waals surface area contributed by atoms with Crippen LogP contribution in [-0.4, -0.2) is 13.4 Å². The lowest BCUT2D eigenvalue weighted by Gasteiger charge is -2.16. The predicted octanol–water partition coefficient (Wildman–Crippen LogP) is 3.90. The molecule has 0 aromatic heterocycles. The third-order valence-corrected chi connectivity index (χ3v) is 3.73. The van der Waals surface area contributed by atoms with E-state index in [9.17, 15) is 0 Å². The van der Waals surface area contributed by atoms with Gasteiger partial charge in [-0.3, -0.25) is 0 Å². The highest BCUT2D eigenvalue weighted by Crippen LogP contribution is 2.42. The lowest BCUT2D eigenvalue weighted by atomic mass is 9.93. The standard InChI is InChI=1S/C17H18O2/c1-18-17-15(13-8-4-2-5-9-13)12-16(19-17)14-10-6-3-7-11-14/h2-11,15-17H,12H2,1H3/t15-,16+,17-/m1/s1. The maximum atomic E-state index is 6.04. The van der Waals surface area contributed by atoms with Crippen LogP contribution in [0.2, 0.25) is 0 Å². The first-order valence-electron chi connectivity index (χ1n) is 6.66. The van der Waals surface area contributed by atoms with E-state index in [-0.39, 0.29) is 12.4 Å². The second kappa shape index (κ2) is 5.55. The van der Waals surface area contributed by atoms with Gasteiger partial charge in [0.15, 0.2) is 6.29 Å². The molecule has 0 unspecified atom stereocenters. The maximum absolute atomic E-state index is 6.04. The first-order valence-corrected chi connectivity index (χ1v) is 6.66. The van der Waals surface area contributed by atoms with Gasteiger partial charge < -0.3 is 9.47 Å². The summed E-state index contributed by atoms with van der Waals surface area (Å²) in [5.74, 6) is 0.302. The molecule has 98 valence electrons. The fourth-order valence-corrected chi connectivity index (χ4v) is 2.75. The Morgan fingerprint density at radius 1 is 0.895 bits per heavy atom. The Morgan fingerprint density at radius 3 is 2.05 bits per heavy atom. The minimum atomic E-state index is -0.160. The first-order chi connectivity index (χ1) is 9.38. The first kappa shape index (κ1) is 12.4. The molecule has 1 heterocycles. The third kappa shape index (κ3) is 2.55. The van der Waals surface area contributed by atoms with Crippen molar-refractivity contribution in [2.45, 2.75) is 24.7 Å². The third-order valence-electron chi connectivity index (χ3n) is 3.73. The van der Waals surface area contributed by atoms with Gasteiger partial charge in [-0.05, 0) is 17.5 Å². The van der Waals surface area contributed by atoms with E-state index in [2.05, 4.69) is 48.5 Å². The summed E-state index contributed by atoms with van der Waals surface area (Å²) >= 11 is 0. The molecule has 2 aromatic carbocycles. The van der Waals surface area contributed by atoms with E-state index < -0.39 is 0 Å². The molecule has 19 heavy (non-hydrogen) atoms. The van der Waals surface area contributed by atoms with Crippen molar-refractivity contribution in [1.82, 2.24) is 0 Å². The minimum absolute atomic E-state index is 0.122. The molecule has 0 amide bonds. The van der Waals surface area contributed by atoms with Crippen molar-refractivity contribution in [2.75, 3.05) is 7.11 Å². The number of methoxy groups -OCH3 is 1. The molecule has 0 aliphatic carbocycles. The predicted molar refractivity (Wildman–Crippen MR) is 74.9 cm³/mol. The quantitative estimate of drug-likeness (QED) is 0.827. The molecule has 0 N–H and O–H groups in total. The van der Waals surface area contributed by atoms with E-state index in [0.717, 1.165) is 6.42 Å². The Morgan fingerprint density at radius 2 is 1.47 bits per heavy atom. The Labute approximate surface area is 114 Å². The van der Waals surface area contributed by atoms with Crippen LogP contribution < -0.4 is 0 Å². The Balaban J connectivity index is 1.83. The molecule has 1 fully saturated rings. The molecule has 0 saturated carbocycles. The van der Waals surface area contributed by atoms with Crippen molar-refractivity contribution in [3.63, 3.8) is 0 Å².